The van der Waals surface area contributed by atoms with Crippen molar-refractivity contribution in [3.8, 4) is 0 Å². The van der Waals surface area contributed by atoms with Crippen molar-refractivity contribution in [1.82, 2.24) is 20.1 Å². The van der Waals surface area contributed by atoms with Crippen LogP contribution in [0.25, 0.3) is 0 Å². The molecule has 0 saturated carbocycles. The van der Waals surface area contributed by atoms with Crippen LogP contribution in [0, 0.1) is 5.92 Å². The molecule has 7 heteroatoms. The van der Waals surface area contributed by atoms with Crippen molar-refractivity contribution < 1.29 is 9.59 Å². The Balaban J connectivity index is 0.00000243. The zero-order chi connectivity index (χ0) is 17.6. The van der Waals surface area contributed by atoms with Crippen LogP contribution in [0.2, 0.25) is 0 Å². The van der Waals surface area contributed by atoms with Gasteiger partial charge in [0, 0.05) is 51.5 Å². The third-order valence-electron chi connectivity index (χ3n) is 5.18. The number of hydrogen-bond acceptors (Lipinski definition) is 4. The maximum Gasteiger partial charge on any atom is 0.228 e. The second-order valence-electron chi connectivity index (χ2n) is 6.97. The average Bonchev–Trinajstić information content (AvgIpc) is 2.68. The molecule has 1 aromatic heterocycles. The molecule has 2 fully saturated rings. The summed E-state index contributed by atoms with van der Waals surface area (Å²) in [5, 5.41) is 3.38. The van der Waals surface area contributed by atoms with Gasteiger partial charge in [0.1, 0.15) is 0 Å². The molecule has 0 bridgehead atoms. The minimum atomic E-state index is -0.0770. The predicted octanol–water partition coefficient (Wildman–Crippen LogP) is 2.02. The smallest absolute Gasteiger partial charge is 0.228 e. The van der Waals surface area contributed by atoms with E-state index in [1.165, 1.54) is 0 Å². The number of rotatable bonds is 4. The summed E-state index contributed by atoms with van der Waals surface area (Å²) in [6, 6.07) is 3.97. The fourth-order valence-corrected chi connectivity index (χ4v) is 3.85. The van der Waals surface area contributed by atoms with Crippen LogP contribution >= 0.6 is 12.4 Å². The highest BCUT2D eigenvalue weighted by Crippen LogP contribution is 2.27. The summed E-state index contributed by atoms with van der Waals surface area (Å²) >= 11 is 0. The predicted molar refractivity (Wildman–Crippen MR) is 103 cm³/mol. The topological polar surface area (TPSA) is 65.5 Å². The number of nitrogens with zero attached hydrogens (tertiary/aromatic N) is 3. The molecule has 2 aliphatic heterocycles. The van der Waals surface area contributed by atoms with Gasteiger partial charge in [-0.25, -0.2) is 0 Å². The monoisotopic (exact) mass is 380 g/mol. The van der Waals surface area contributed by atoms with Crippen molar-refractivity contribution in [3.05, 3.63) is 30.1 Å². The first-order chi connectivity index (χ1) is 12.2. The van der Waals surface area contributed by atoms with Crippen LogP contribution in [0.5, 0.6) is 0 Å². The zero-order valence-electron chi connectivity index (χ0n) is 15.4. The lowest BCUT2D eigenvalue weighted by Crippen LogP contribution is -2.53. The standard InChI is InChI=1S/C19H28N4O2.ClH/c1-2-5-18(24)22-10-4-7-16(14-22)19(25)23-11-9-21-13-17(23)15-6-3-8-20-12-15;/h3,6,8,12,16-17,21H,2,4-5,7,9-11,13-14H2,1H3;1H. The van der Waals surface area contributed by atoms with E-state index in [1.54, 1.807) is 6.20 Å². The van der Waals surface area contributed by atoms with Gasteiger partial charge < -0.3 is 15.1 Å². The molecule has 0 aromatic carbocycles. The number of likely N-dealkylation sites (tertiary alicyclic amines) is 1. The first-order valence-electron chi connectivity index (χ1n) is 9.39. The first kappa shape index (κ1) is 20.6. The number of carbonyl (C=O) groups is 2. The van der Waals surface area contributed by atoms with Gasteiger partial charge in [0.25, 0.3) is 0 Å². The fraction of sp³-hybridized carbons (Fsp3) is 0.632. The van der Waals surface area contributed by atoms with Gasteiger partial charge >= 0.3 is 0 Å². The summed E-state index contributed by atoms with van der Waals surface area (Å²) in [7, 11) is 0. The molecule has 0 aliphatic carbocycles. The summed E-state index contributed by atoms with van der Waals surface area (Å²) in [6.45, 7) is 5.65. The van der Waals surface area contributed by atoms with Crippen LogP contribution in [0.3, 0.4) is 0 Å². The van der Waals surface area contributed by atoms with E-state index < -0.39 is 0 Å². The molecule has 2 aliphatic rings. The van der Waals surface area contributed by atoms with Gasteiger partial charge in [-0.15, -0.1) is 12.4 Å². The third kappa shape index (κ3) is 4.74. The van der Waals surface area contributed by atoms with Crippen molar-refractivity contribution in [3.63, 3.8) is 0 Å². The molecule has 3 heterocycles. The number of halogens is 1. The van der Waals surface area contributed by atoms with E-state index in [-0.39, 0.29) is 36.2 Å². The highest BCUT2D eigenvalue weighted by atomic mass is 35.5. The van der Waals surface area contributed by atoms with E-state index in [4.69, 9.17) is 0 Å². The minimum absolute atomic E-state index is 0. The van der Waals surface area contributed by atoms with Crippen LogP contribution in [-0.2, 0) is 9.59 Å². The number of amides is 2. The molecular weight excluding hydrogens is 352 g/mol. The lowest BCUT2D eigenvalue weighted by atomic mass is 9.94. The van der Waals surface area contributed by atoms with Crippen molar-refractivity contribution in [2.45, 2.75) is 38.6 Å². The van der Waals surface area contributed by atoms with E-state index in [0.717, 1.165) is 44.5 Å². The van der Waals surface area contributed by atoms with Crippen molar-refractivity contribution >= 4 is 24.2 Å². The highest BCUT2D eigenvalue weighted by molar-refractivity contribution is 5.85. The maximum atomic E-state index is 13.2. The largest absolute Gasteiger partial charge is 0.342 e. The minimum Gasteiger partial charge on any atom is -0.342 e. The Bertz CT molecular complexity index is 598. The second-order valence-corrected chi connectivity index (χ2v) is 6.97. The molecule has 0 radical (unpaired) electrons. The fourth-order valence-electron chi connectivity index (χ4n) is 3.85. The number of hydrogen-bond donors (Lipinski definition) is 1. The summed E-state index contributed by atoms with van der Waals surface area (Å²) in [5.74, 6) is 0.292. The summed E-state index contributed by atoms with van der Waals surface area (Å²) in [5.41, 5.74) is 1.07. The molecule has 2 saturated heterocycles. The summed E-state index contributed by atoms with van der Waals surface area (Å²) in [6.07, 6.45) is 6.82. The molecule has 6 nitrogen and oxygen atoms in total. The molecule has 1 aromatic rings. The lowest BCUT2D eigenvalue weighted by Gasteiger charge is -2.40. The molecule has 2 unspecified atom stereocenters. The molecule has 0 spiro atoms. The zero-order valence-corrected chi connectivity index (χ0v) is 16.2. The van der Waals surface area contributed by atoms with Gasteiger partial charge in [0.05, 0.1) is 12.0 Å². The molecule has 3 rings (SSSR count). The number of piperazine rings is 1. The van der Waals surface area contributed by atoms with Gasteiger partial charge in [-0.05, 0) is 30.9 Å². The average molecular weight is 381 g/mol. The van der Waals surface area contributed by atoms with E-state index >= 15 is 0 Å². The van der Waals surface area contributed by atoms with Gasteiger partial charge in [0.2, 0.25) is 11.8 Å². The number of pyridine rings is 1. The quantitative estimate of drug-likeness (QED) is 0.867. The highest BCUT2D eigenvalue weighted by Gasteiger charge is 2.35. The second kappa shape index (κ2) is 9.88. The first-order valence-corrected chi connectivity index (χ1v) is 9.39. The van der Waals surface area contributed by atoms with Gasteiger partial charge in [-0.3, -0.25) is 14.6 Å². The lowest BCUT2D eigenvalue weighted by molar-refractivity contribution is -0.143. The maximum absolute atomic E-state index is 13.2. The number of carbonyl (C=O) groups excluding carboxylic acids is 2. The van der Waals surface area contributed by atoms with E-state index in [0.29, 0.717) is 19.5 Å². The number of aromatic nitrogens is 1. The van der Waals surface area contributed by atoms with Gasteiger partial charge in [-0.1, -0.05) is 13.0 Å². The van der Waals surface area contributed by atoms with Crippen molar-refractivity contribution in [1.29, 1.82) is 0 Å². The van der Waals surface area contributed by atoms with Crippen LogP contribution < -0.4 is 5.32 Å². The summed E-state index contributed by atoms with van der Waals surface area (Å²) in [4.78, 5) is 33.5. The van der Waals surface area contributed by atoms with Crippen LogP contribution in [0.4, 0.5) is 0 Å². The van der Waals surface area contributed by atoms with E-state index in [9.17, 15) is 9.59 Å². The van der Waals surface area contributed by atoms with Crippen LogP contribution in [0.1, 0.15) is 44.2 Å². The van der Waals surface area contributed by atoms with Gasteiger partial charge in [-0.2, -0.15) is 0 Å². The Labute approximate surface area is 161 Å². The Morgan fingerprint density at radius 1 is 1.35 bits per heavy atom. The molecule has 1 N–H and O–H groups in total. The Morgan fingerprint density at radius 2 is 2.19 bits per heavy atom. The normalized spacial score (nSPS) is 23.3. The number of nitrogens with one attached hydrogen (secondary N) is 1. The van der Waals surface area contributed by atoms with Crippen molar-refractivity contribution in [2.75, 3.05) is 32.7 Å². The Morgan fingerprint density at radius 3 is 2.92 bits per heavy atom. The van der Waals surface area contributed by atoms with Crippen molar-refractivity contribution in [2.24, 2.45) is 5.92 Å². The van der Waals surface area contributed by atoms with E-state index in [2.05, 4.69) is 10.3 Å². The molecule has 144 valence electrons. The Hall–Kier alpha value is -1.66. The van der Waals surface area contributed by atoms with Crippen LogP contribution in [-0.4, -0.2) is 59.3 Å². The summed E-state index contributed by atoms with van der Waals surface area (Å²) < 4.78 is 0. The molecule has 2 atom stereocenters. The van der Waals surface area contributed by atoms with Crippen LogP contribution in [0.15, 0.2) is 24.5 Å². The molecule has 26 heavy (non-hydrogen) atoms. The number of piperidine rings is 1. The third-order valence-corrected chi connectivity index (χ3v) is 5.18. The van der Waals surface area contributed by atoms with Gasteiger partial charge in [0.15, 0.2) is 0 Å². The molecular formula is C19H29ClN4O2. The van der Waals surface area contributed by atoms with E-state index in [1.807, 2.05) is 35.1 Å². The Kier molecular flexibility index (Phi) is 7.85. The molecule has 2 amide bonds. The SMILES string of the molecule is CCCC(=O)N1CCCC(C(=O)N2CCNCC2c2cccnc2)C1.Cl.